The lowest BCUT2D eigenvalue weighted by Gasteiger charge is -2.34. The molecule has 2 fully saturated rings. The van der Waals surface area contributed by atoms with Crippen LogP contribution in [-0.2, 0) is 21.7 Å². The molecule has 0 aliphatic carbocycles. The number of pyridine rings is 1. The highest BCUT2D eigenvalue weighted by atomic mass is 16.7. The van der Waals surface area contributed by atoms with E-state index in [4.69, 9.17) is 14.6 Å². The lowest BCUT2D eigenvalue weighted by molar-refractivity contribution is -0.160. The van der Waals surface area contributed by atoms with Crippen molar-refractivity contribution < 1.29 is 19.7 Å². The van der Waals surface area contributed by atoms with Crippen molar-refractivity contribution in [1.82, 2.24) is 4.98 Å². The quantitative estimate of drug-likeness (QED) is 0.774. The Balaban J connectivity index is 1.91. The van der Waals surface area contributed by atoms with Gasteiger partial charge in [-0.3, -0.25) is 4.98 Å². The molecule has 2 saturated heterocycles. The van der Waals surface area contributed by atoms with Gasteiger partial charge in [-0.25, -0.2) is 0 Å². The number of aliphatic hydroxyl groups excluding tert-OH is 1. The summed E-state index contributed by atoms with van der Waals surface area (Å²) in [6.45, 7) is 0.413. The van der Waals surface area contributed by atoms with Crippen LogP contribution in [0.2, 0.25) is 0 Å². The molecule has 0 unspecified atom stereocenters. The lowest BCUT2D eigenvalue weighted by Crippen LogP contribution is -2.40. The van der Waals surface area contributed by atoms with Crippen LogP contribution in [0.15, 0.2) is 18.2 Å². The van der Waals surface area contributed by atoms with Gasteiger partial charge >= 0.3 is 0 Å². The molecule has 3 heterocycles. The van der Waals surface area contributed by atoms with E-state index >= 15 is 0 Å². The summed E-state index contributed by atoms with van der Waals surface area (Å²) in [5.74, 6) is 0. The minimum absolute atomic E-state index is 0.0571. The SMILES string of the molecule is OCc1cccc([C@]2(O)C[C@H]3CO[C@@H](C2)O3)n1. The van der Waals surface area contributed by atoms with Gasteiger partial charge in [-0.2, -0.15) is 0 Å². The number of nitrogens with zero attached hydrogens (tertiary/aromatic N) is 1. The lowest BCUT2D eigenvalue weighted by atomic mass is 9.87. The number of rotatable bonds is 2. The Morgan fingerprint density at radius 1 is 1.41 bits per heavy atom. The summed E-state index contributed by atoms with van der Waals surface area (Å²) in [5.41, 5.74) is 0.151. The number of ether oxygens (including phenoxy) is 2. The summed E-state index contributed by atoms with van der Waals surface area (Å²) >= 11 is 0. The molecule has 5 nitrogen and oxygen atoms in total. The summed E-state index contributed by atoms with van der Waals surface area (Å²) in [5, 5.41) is 19.7. The number of aromatic nitrogens is 1. The van der Waals surface area contributed by atoms with Crippen LogP contribution in [0, 0.1) is 0 Å². The molecule has 92 valence electrons. The van der Waals surface area contributed by atoms with E-state index in [0.29, 0.717) is 30.8 Å². The molecule has 0 spiro atoms. The molecule has 0 amide bonds. The second kappa shape index (κ2) is 4.03. The molecule has 2 aliphatic heterocycles. The fourth-order valence-corrected chi connectivity index (χ4v) is 2.49. The van der Waals surface area contributed by atoms with Crippen molar-refractivity contribution in [1.29, 1.82) is 0 Å². The maximum atomic E-state index is 10.6. The third kappa shape index (κ3) is 1.95. The molecule has 0 radical (unpaired) electrons. The number of fused-ring (bicyclic) bond motifs is 2. The largest absolute Gasteiger partial charge is 0.390 e. The van der Waals surface area contributed by atoms with Crippen LogP contribution < -0.4 is 0 Å². The standard InChI is InChI=1S/C12H15NO4/c14-6-8-2-1-3-10(13-8)12(15)4-9-7-16-11(5-12)17-9/h1-3,9,11,14-15H,4-7H2/t9-,11+,12-/m0/s1. The third-order valence-corrected chi connectivity index (χ3v) is 3.33. The highest BCUT2D eigenvalue weighted by Gasteiger charge is 2.46. The first-order chi connectivity index (χ1) is 8.19. The second-order valence-electron chi connectivity index (χ2n) is 4.63. The monoisotopic (exact) mass is 237 g/mol. The number of hydrogen-bond acceptors (Lipinski definition) is 5. The molecule has 1 aromatic rings. The van der Waals surface area contributed by atoms with Crippen molar-refractivity contribution in [3.8, 4) is 0 Å². The van der Waals surface area contributed by atoms with E-state index in [9.17, 15) is 5.11 Å². The van der Waals surface area contributed by atoms with Crippen LogP contribution >= 0.6 is 0 Å². The smallest absolute Gasteiger partial charge is 0.161 e. The average molecular weight is 237 g/mol. The molecule has 1 aromatic heterocycles. The van der Waals surface area contributed by atoms with Crippen LogP contribution in [0.1, 0.15) is 24.2 Å². The summed E-state index contributed by atoms with van der Waals surface area (Å²) in [6.07, 6.45) is 0.494. The maximum absolute atomic E-state index is 10.6. The summed E-state index contributed by atoms with van der Waals surface area (Å²) in [6, 6.07) is 5.31. The van der Waals surface area contributed by atoms with Crippen molar-refractivity contribution in [3.63, 3.8) is 0 Å². The number of aliphatic hydroxyl groups is 2. The van der Waals surface area contributed by atoms with Gasteiger partial charge in [0, 0.05) is 12.8 Å². The van der Waals surface area contributed by atoms with Gasteiger partial charge in [0.1, 0.15) is 5.60 Å². The zero-order valence-corrected chi connectivity index (χ0v) is 9.37. The van der Waals surface area contributed by atoms with E-state index in [1.807, 2.05) is 0 Å². The molecule has 2 N–H and O–H groups in total. The Labute approximate surface area is 99.0 Å². The predicted octanol–water partition coefficient (Wildman–Crippen LogP) is 0.297. The van der Waals surface area contributed by atoms with E-state index < -0.39 is 5.60 Å². The van der Waals surface area contributed by atoms with E-state index in [1.165, 1.54) is 0 Å². The van der Waals surface area contributed by atoms with Crippen molar-refractivity contribution >= 4 is 0 Å². The van der Waals surface area contributed by atoms with E-state index in [-0.39, 0.29) is 19.0 Å². The third-order valence-electron chi connectivity index (χ3n) is 3.33. The van der Waals surface area contributed by atoms with Crippen LogP contribution in [-0.4, -0.2) is 34.2 Å². The van der Waals surface area contributed by atoms with Gasteiger partial charge in [0.25, 0.3) is 0 Å². The molecule has 2 bridgehead atoms. The molecule has 3 rings (SSSR count). The van der Waals surface area contributed by atoms with Crippen molar-refractivity contribution in [2.75, 3.05) is 6.61 Å². The zero-order valence-electron chi connectivity index (χ0n) is 9.37. The minimum atomic E-state index is -1.00. The molecular weight excluding hydrogens is 222 g/mol. The van der Waals surface area contributed by atoms with Gasteiger partial charge in [0.15, 0.2) is 6.29 Å². The van der Waals surface area contributed by atoms with Gasteiger partial charge in [-0.15, -0.1) is 0 Å². The first-order valence-electron chi connectivity index (χ1n) is 5.76. The van der Waals surface area contributed by atoms with Gasteiger partial charge in [0.05, 0.1) is 30.7 Å². The van der Waals surface area contributed by atoms with Crippen molar-refractivity contribution in [2.45, 2.75) is 37.4 Å². The molecule has 0 saturated carbocycles. The normalized spacial score (nSPS) is 36.1. The second-order valence-corrected chi connectivity index (χ2v) is 4.63. The molecule has 0 aromatic carbocycles. The van der Waals surface area contributed by atoms with Crippen LogP contribution in [0.3, 0.4) is 0 Å². The van der Waals surface area contributed by atoms with Crippen molar-refractivity contribution in [3.05, 3.63) is 29.6 Å². The van der Waals surface area contributed by atoms with Crippen molar-refractivity contribution in [2.24, 2.45) is 0 Å². The predicted molar refractivity (Wildman–Crippen MR) is 57.9 cm³/mol. The Morgan fingerprint density at radius 2 is 2.29 bits per heavy atom. The summed E-state index contributed by atoms with van der Waals surface area (Å²) < 4.78 is 10.9. The van der Waals surface area contributed by atoms with Crippen LogP contribution in [0.4, 0.5) is 0 Å². The first kappa shape index (κ1) is 11.1. The van der Waals surface area contributed by atoms with E-state index in [2.05, 4.69) is 4.98 Å². The Morgan fingerprint density at radius 3 is 3.06 bits per heavy atom. The molecule has 3 atom stereocenters. The van der Waals surface area contributed by atoms with Gasteiger partial charge in [-0.05, 0) is 12.1 Å². The van der Waals surface area contributed by atoms with Gasteiger partial charge in [0.2, 0.25) is 0 Å². The maximum Gasteiger partial charge on any atom is 0.161 e. The van der Waals surface area contributed by atoms with Crippen LogP contribution in [0.5, 0.6) is 0 Å². The van der Waals surface area contributed by atoms with E-state index in [1.54, 1.807) is 18.2 Å². The summed E-state index contributed by atoms with van der Waals surface area (Å²) in [7, 11) is 0. The molecule has 17 heavy (non-hydrogen) atoms. The Bertz CT molecular complexity index is 411. The zero-order chi connectivity index (χ0) is 11.9. The van der Waals surface area contributed by atoms with Gasteiger partial charge in [-0.1, -0.05) is 6.07 Å². The average Bonchev–Trinajstić information content (AvgIpc) is 2.69. The fraction of sp³-hybridized carbons (Fsp3) is 0.583. The van der Waals surface area contributed by atoms with Crippen LogP contribution in [0.25, 0.3) is 0 Å². The highest BCUT2D eigenvalue weighted by Crippen LogP contribution is 2.40. The summed E-state index contributed by atoms with van der Waals surface area (Å²) in [4.78, 5) is 4.27. The Hall–Kier alpha value is -1.01. The molecular formula is C12H15NO4. The fourth-order valence-electron chi connectivity index (χ4n) is 2.49. The first-order valence-corrected chi connectivity index (χ1v) is 5.76. The van der Waals surface area contributed by atoms with E-state index in [0.717, 1.165) is 0 Å². The van der Waals surface area contributed by atoms with Gasteiger partial charge < -0.3 is 19.7 Å². The topological polar surface area (TPSA) is 71.8 Å². The molecule has 5 heteroatoms. The molecule has 2 aliphatic rings. The minimum Gasteiger partial charge on any atom is -0.390 e. The number of hydrogen-bond donors (Lipinski definition) is 2. The highest BCUT2D eigenvalue weighted by molar-refractivity contribution is 5.18. The Kier molecular flexibility index (Phi) is 2.63.